The van der Waals surface area contributed by atoms with E-state index in [1.807, 2.05) is 30.3 Å². The van der Waals surface area contributed by atoms with Gasteiger partial charge in [0.1, 0.15) is 0 Å². The molecule has 0 fully saturated rings. The lowest BCUT2D eigenvalue weighted by molar-refractivity contribution is 0.112. The zero-order valence-corrected chi connectivity index (χ0v) is 14.0. The molecular formula is C19H18O5. The number of carbonyl (C=O) groups excluding carboxylic acids is 1. The van der Waals surface area contributed by atoms with Crippen LogP contribution in [0.15, 0.2) is 30.3 Å². The van der Waals surface area contributed by atoms with Gasteiger partial charge in [-0.3, -0.25) is 4.79 Å². The lowest BCUT2D eigenvalue weighted by Gasteiger charge is -2.14. The monoisotopic (exact) mass is 326 g/mol. The van der Waals surface area contributed by atoms with Gasteiger partial charge in [-0.15, -0.1) is 0 Å². The van der Waals surface area contributed by atoms with Crippen LogP contribution >= 0.6 is 0 Å². The summed E-state index contributed by atoms with van der Waals surface area (Å²) in [5, 5.41) is 3.36. The van der Waals surface area contributed by atoms with Crippen LogP contribution in [0.5, 0.6) is 23.0 Å². The third-order valence-electron chi connectivity index (χ3n) is 4.12. The van der Waals surface area contributed by atoms with Crippen molar-refractivity contribution in [2.45, 2.75) is 0 Å². The van der Waals surface area contributed by atoms with Crippen LogP contribution in [-0.4, -0.2) is 34.7 Å². The zero-order chi connectivity index (χ0) is 17.3. The Hall–Kier alpha value is -2.95. The first-order chi connectivity index (χ1) is 11.7. The molecule has 0 unspecified atom stereocenters. The number of rotatable bonds is 5. The Morgan fingerprint density at radius 2 is 1.00 bits per heavy atom. The highest BCUT2D eigenvalue weighted by Gasteiger charge is 2.15. The summed E-state index contributed by atoms with van der Waals surface area (Å²) < 4.78 is 21.4. The lowest BCUT2D eigenvalue weighted by Crippen LogP contribution is -1.95. The summed E-state index contributed by atoms with van der Waals surface area (Å²) in [6.45, 7) is 0. The fraction of sp³-hybridized carbons (Fsp3) is 0.211. The van der Waals surface area contributed by atoms with Crippen LogP contribution < -0.4 is 18.9 Å². The van der Waals surface area contributed by atoms with E-state index in [-0.39, 0.29) is 0 Å². The Kier molecular flexibility index (Phi) is 4.16. The lowest BCUT2D eigenvalue weighted by atomic mass is 9.96. The predicted octanol–water partition coefficient (Wildman–Crippen LogP) is 3.84. The maximum Gasteiger partial charge on any atom is 0.161 e. The predicted molar refractivity (Wildman–Crippen MR) is 93.0 cm³/mol. The molecule has 0 amide bonds. The van der Waals surface area contributed by atoms with Gasteiger partial charge in [0, 0.05) is 5.56 Å². The van der Waals surface area contributed by atoms with E-state index in [0.717, 1.165) is 27.8 Å². The topological polar surface area (TPSA) is 54.0 Å². The molecule has 0 bridgehead atoms. The molecule has 5 heteroatoms. The van der Waals surface area contributed by atoms with Gasteiger partial charge in [-0.1, -0.05) is 0 Å². The summed E-state index contributed by atoms with van der Waals surface area (Å²) in [5.41, 5.74) is 0.574. The Morgan fingerprint density at radius 3 is 1.33 bits per heavy atom. The van der Waals surface area contributed by atoms with Crippen molar-refractivity contribution in [2.75, 3.05) is 28.4 Å². The summed E-state index contributed by atoms with van der Waals surface area (Å²) in [7, 11) is 6.30. The largest absolute Gasteiger partial charge is 0.493 e. The molecule has 0 aromatic heterocycles. The first-order valence-corrected chi connectivity index (χ1v) is 7.36. The van der Waals surface area contributed by atoms with Gasteiger partial charge < -0.3 is 18.9 Å². The minimum atomic E-state index is 0.574. The number of carbonyl (C=O) groups is 1. The number of benzene rings is 3. The molecule has 0 aliphatic rings. The van der Waals surface area contributed by atoms with Crippen LogP contribution in [0, 0.1) is 0 Å². The average Bonchev–Trinajstić information content (AvgIpc) is 2.63. The first-order valence-electron chi connectivity index (χ1n) is 7.36. The van der Waals surface area contributed by atoms with E-state index in [0.29, 0.717) is 28.6 Å². The Bertz CT molecular complexity index is 860. The maximum atomic E-state index is 11.8. The van der Waals surface area contributed by atoms with Gasteiger partial charge in [0.2, 0.25) is 0 Å². The van der Waals surface area contributed by atoms with Crippen molar-refractivity contribution < 1.29 is 23.7 Å². The van der Waals surface area contributed by atoms with E-state index in [9.17, 15) is 4.79 Å². The molecule has 124 valence electrons. The highest BCUT2D eigenvalue weighted by Crippen LogP contribution is 2.39. The molecule has 3 rings (SSSR count). The fourth-order valence-corrected chi connectivity index (χ4v) is 2.93. The van der Waals surface area contributed by atoms with E-state index in [1.165, 1.54) is 0 Å². The molecule has 5 nitrogen and oxygen atoms in total. The van der Waals surface area contributed by atoms with Crippen molar-refractivity contribution in [3.05, 3.63) is 35.9 Å². The van der Waals surface area contributed by atoms with Crippen molar-refractivity contribution in [2.24, 2.45) is 0 Å². The maximum absolute atomic E-state index is 11.8. The van der Waals surface area contributed by atoms with Gasteiger partial charge in [-0.05, 0) is 51.9 Å². The molecule has 0 aliphatic heterocycles. The number of aldehydes is 1. The Balaban J connectivity index is 2.45. The summed E-state index contributed by atoms with van der Waals surface area (Å²) in [6, 6.07) is 9.33. The molecule has 0 N–H and O–H groups in total. The third kappa shape index (κ3) is 2.38. The molecule has 3 aromatic carbocycles. The number of ether oxygens (including phenoxy) is 4. The molecule has 24 heavy (non-hydrogen) atoms. The third-order valence-corrected chi connectivity index (χ3v) is 4.12. The molecule has 0 radical (unpaired) electrons. The summed E-state index contributed by atoms with van der Waals surface area (Å²) in [6.07, 6.45) is 0.850. The van der Waals surface area contributed by atoms with Crippen molar-refractivity contribution in [1.29, 1.82) is 0 Å². The molecule has 0 atom stereocenters. The smallest absolute Gasteiger partial charge is 0.161 e. The molecule has 0 saturated carbocycles. The first kappa shape index (κ1) is 15.9. The number of fused-ring (bicyclic) bond motifs is 2. The van der Waals surface area contributed by atoms with E-state index in [4.69, 9.17) is 18.9 Å². The number of hydrogen-bond acceptors (Lipinski definition) is 5. The van der Waals surface area contributed by atoms with Crippen LogP contribution in [0.2, 0.25) is 0 Å². The highest BCUT2D eigenvalue weighted by molar-refractivity contribution is 6.13. The van der Waals surface area contributed by atoms with Crippen molar-refractivity contribution in [3.8, 4) is 23.0 Å². The van der Waals surface area contributed by atoms with Gasteiger partial charge in [-0.2, -0.15) is 0 Å². The van der Waals surface area contributed by atoms with Gasteiger partial charge in [-0.25, -0.2) is 0 Å². The summed E-state index contributed by atoms with van der Waals surface area (Å²) in [5.74, 6) is 2.38. The molecule has 0 spiro atoms. The standard InChI is InChI=1S/C19H18O5/c1-21-16-6-11-5-12-7-17(22-2)19(24-4)9-14(12)15(10-20)13(11)8-18(16)23-3/h5-10H,1-4H3. The van der Waals surface area contributed by atoms with E-state index in [2.05, 4.69) is 0 Å². The van der Waals surface area contributed by atoms with Crippen molar-refractivity contribution in [3.63, 3.8) is 0 Å². The van der Waals surface area contributed by atoms with E-state index in [1.54, 1.807) is 28.4 Å². The Labute approximate surface area is 139 Å². The zero-order valence-electron chi connectivity index (χ0n) is 14.0. The van der Waals surface area contributed by atoms with Crippen LogP contribution in [0.4, 0.5) is 0 Å². The van der Waals surface area contributed by atoms with Gasteiger partial charge in [0.05, 0.1) is 28.4 Å². The molecule has 3 aromatic rings. The van der Waals surface area contributed by atoms with Crippen molar-refractivity contribution >= 4 is 27.8 Å². The number of hydrogen-bond donors (Lipinski definition) is 0. The second-order valence-electron chi connectivity index (χ2n) is 5.26. The van der Waals surface area contributed by atoms with E-state index >= 15 is 0 Å². The fourth-order valence-electron chi connectivity index (χ4n) is 2.93. The van der Waals surface area contributed by atoms with Crippen LogP contribution in [-0.2, 0) is 0 Å². The van der Waals surface area contributed by atoms with Gasteiger partial charge in [0.25, 0.3) is 0 Å². The average molecular weight is 326 g/mol. The quantitative estimate of drug-likeness (QED) is 0.527. The second kappa shape index (κ2) is 6.28. The molecule has 0 saturated heterocycles. The summed E-state index contributed by atoms with van der Waals surface area (Å²) in [4.78, 5) is 11.8. The van der Waals surface area contributed by atoms with Crippen LogP contribution in [0.1, 0.15) is 10.4 Å². The van der Waals surface area contributed by atoms with E-state index < -0.39 is 0 Å². The normalized spacial score (nSPS) is 10.7. The molecule has 0 heterocycles. The van der Waals surface area contributed by atoms with Crippen LogP contribution in [0.25, 0.3) is 21.5 Å². The molecular weight excluding hydrogens is 308 g/mol. The SMILES string of the molecule is COc1cc2cc3cc(OC)c(OC)cc3c(C=O)c2cc1OC. The summed E-state index contributed by atoms with van der Waals surface area (Å²) >= 11 is 0. The van der Waals surface area contributed by atoms with Crippen LogP contribution in [0.3, 0.4) is 0 Å². The molecule has 0 aliphatic carbocycles. The van der Waals surface area contributed by atoms with Crippen molar-refractivity contribution in [1.82, 2.24) is 0 Å². The van der Waals surface area contributed by atoms with Gasteiger partial charge >= 0.3 is 0 Å². The highest BCUT2D eigenvalue weighted by atomic mass is 16.5. The Morgan fingerprint density at radius 1 is 0.625 bits per heavy atom. The minimum absolute atomic E-state index is 0.574. The number of methoxy groups -OCH3 is 4. The minimum Gasteiger partial charge on any atom is -0.493 e. The van der Waals surface area contributed by atoms with Gasteiger partial charge in [0.15, 0.2) is 29.3 Å². The second-order valence-corrected chi connectivity index (χ2v) is 5.26.